The molecule has 0 bridgehead atoms. The van der Waals surface area contributed by atoms with Crippen molar-refractivity contribution in [2.45, 2.75) is 31.2 Å². The molecule has 1 fully saturated rings. The maximum Gasteiger partial charge on any atom is 0.0424 e. The molecule has 2 aromatic rings. The number of hydrogen-bond acceptors (Lipinski definition) is 2. The Morgan fingerprint density at radius 3 is 2.15 bits per heavy atom. The van der Waals surface area contributed by atoms with Crippen LogP contribution in [0.2, 0.25) is 10.0 Å². The zero-order chi connectivity index (χ0) is 16.8. The number of halogens is 4. The fraction of sp³-hybridized carbons (Fsp3) is 0.400. The van der Waals surface area contributed by atoms with E-state index in [-0.39, 0.29) is 30.2 Å². The molecule has 1 saturated heterocycles. The highest BCUT2D eigenvalue weighted by Crippen LogP contribution is 2.36. The van der Waals surface area contributed by atoms with Crippen LogP contribution in [0.25, 0.3) is 0 Å². The molecule has 26 heavy (non-hydrogen) atoms. The fourth-order valence-electron chi connectivity index (χ4n) is 3.65. The third-order valence-corrected chi connectivity index (χ3v) is 5.42. The molecule has 144 valence electrons. The van der Waals surface area contributed by atoms with Crippen molar-refractivity contribution in [1.82, 2.24) is 10.6 Å². The number of hydrogen-bond donors (Lipinski definition) is 2. The van der Waals surface area contributed by atoms with Gasteiger partial charge in [-0.1, -0.05) is 53.5 Å². The van der Waals surface area contributed by atoms with Crippen molar-refractivity contribution in [3.8, 4) is 0 Å². The molecular weight excluding hydrogens is 410 g/mol. The smallest absolute Gasteiger partial charge is 0.0424 e. The Kier molecular flexibility index (Phi) is 10.3. The molecule has 0 amide bonds. The fourth-order valence-corrected chi connectivity index (χ4v) is 4.22. The topological polar surface area (TPSA) is 24.1 Å². The van der Waals surface area contributed by atoms with E-state index in [1.165, 1.54) is 18.4 Å². The van der Waals surface area contributed by atoms with E-state index in [4.69, 9.17) is 23.2 Å². The van der Waals surface area contributed by atoms with Gasteiger partial charge in [0.1, 0.15) is 0 Å². The van der Waals surface area contributed by atoms with Crippen LogP contribution in [-0.4, -0.2) is 19.6 Å². The molecular formula is C20H26Cl4N2. The predicted octanol–water partition coefficient (Wildman–Crippen LogP) is 5.64. The molecule has 3 rings (SSSR count). The van der Waals surface area contributed by atoms with Gasteiger partial charge >= 0.3 is 0 Å². The summed E-state index contributed by atoms with van der Waals surface area (Å²) in [5, 5.41) is 8.43. The van der Waals surface area contributed by atoms with Crippen molar-refractivity contribution in [3.63, 3.8) is 0 Å². The van der Waals surface area contributed by atoms with E-state index in [0.717, 1.165) is 38.2 Å². The van der Waals surface area contributed by atoms with Crippen LogP contribution < -0.4 is 10.6 Å². The lowest BCUT2D eigenvalue weighted by Gasteiger charge is -2.38. The average molecular weight is 436 g/mol. The SMILES string of the molecule is Cl.Cl.Clc1cc(Cl)cc(CNCCC2(c3ccccc3)CCNCC2)c1. The molecule has 1 heterocycles. The monoisotopic (exact) mass is 434 g/mol. The third kappa shape index (κ3) is 6.30. The predicted molar refractivity (Wildman–Crippen MR) is 118 cm³/mol. The first-order valence-corrected chi connectivity index (χ1v) is 9.36. The van der Waals surface area contributed by atoms with Crippen molar-refractivity contribution < 1.29 is 0 Å². The lowest BCUT2D eigenvalue weighted by Crippen LogP contribution is -2.41. The summed E-state index contributed by atoms with van der Waals surface area (Å²) >= 11 is 12.1. The van der Waals surface area contributed by atoms with E-state index in [1.54, 1.807) is 6.07 Å². The summed E-state index contributed by atoms with van der Waals surface area (Å²) in [6.07, 6.45) is 3.54. The number of benzene rings is 2. The van der Waals surface area contributed by atoms with E-state index < -0.39 is 0 Å². The number of piperidine rings is 1. The van der Waals surface area contributed by atoms with E-state index in [2.05, 4.69) is 41.0 Å². The zero-order valence-corrected chi connectivity index (χ0v) is 17.8. The van der Waals surface area contributed by atoms with Gasteiger partial charge in [-0.05, 0) is 73.6 Å². The van der Waals surface area contributed by atoms with E-state index in [1.807, 2.05) is 12.1 Å². The Morgan fingerprint density at radius 1 is 0.923 bits per heavy atom. The normalized spacial score (nSPS) is 15.6. The lowest BCUT2D eigenvalue weighted by molar-refractivity contribution is 0.284. The molecule has 0 atom stereocenters. The van der Waals surface area contributed by atoms with E-state index in [9.17, 15) is 0 Å². The lowest BCUT2D eigenvalue weighted by atomic mass is 9.71. The van der Waals surface area contributed by atoms with Crippen molar-refractivity contribution >= 4 is 48.0 Å². The summed E-state index contributed by atoms with van der Waals surface area (Å²) in [6.45, 7) is 3.97. The van der Waals surface area contributed by atoms with Crippen LogP contribution in [0.1, 0.15) is 30.4 Å². The highest BCUT2D eigenvalue weighted by Gasteiger charge is 2.32. The van der Waals surface area contributed by atoms with Gasteiger partial charge in [0.15, 0.2) is 0 Å². The number of rotatable bonds is 6. The molecule has 2 aromatic carbocycles. The van der Waals surface area contributed by atoms with Gasteiger partial charge in [0.05, 0.1) is 0 Å². The summed E-state index contributed by atoms with van der Waals surface area (Å²) in [7, 11) is 0. The summed E-state index contributed by atoms with van der Waals surface area (Å²) in [4.78, 5) is 0. The molecule has 6 heteroatoms. The van der Waals surface area contributed by atoms with Crippen LogP contribution >= 0.6 is 48.0 Å². The second-order valence-corrected chi connectivity index (χ2v) is 7.47. The minimum Gasteiger partial charge on any atom is -0.317 e. The Balaban J connectivity index is 0.00000169. The first-order valence-electron chi connectivity index (χ1n) is 8.60. The second kappa shape index (κ2) is 11.4. The van der Waals surface area contributed by atoms with Gasteiger partial charge in [-0.15, -0.1) is 24.8 Å². The van der Waals surface area contributed by atoms with Crippen molar-refractivity contribution in [3.05, 3.63) is 69.7 Å². The van der Waals surface area contributed by atoms with Gasteiger partial charge < -0.3 is 10.6 Å². The Hall–Kier alpha value is -0.480. The van der Waals surface area contributed by atoms with Crippen LogP contribution in [0.5, 0.6) is 0 Å². The van der Waals surface area contributed by atoms with Crippen LogP contribution in [0, 0.1) is 0 Å². The summed E-state index contributed by atoms with van der Waals surface area (Å²) in [5.74, 6) is 0. The van der Waals surface area contributed by atoms with Crippen molar-refractivity contribution in [2.24, 2.45) is 0 Å². The van der Waals surface area contributed by atoms with Gasteiger partial charge in [0.25, 0.3) is 0 Å². The van der Waals surface area contributed by atoms with Gasteiger partial charge in [-0.2, -0.15) is 0 Å². The minimum absolute atomic E-state index is 0. The molecule has 2 N–H and O–H groups in total. The molecule has 0 saturated carbocycles. The van der Waals surface area contributed by atoms with Crippen LogP contribution in [0.3, 0.4) is 0 Å². The Bertz CT molecular complexity index is 638. The van der Waals surface area contributed by atoms with Crippen LogP contribution in [0.4, 0.5) is 0 Å². The third-order valence-electron chi connectivity index (χ3n) is 4.98. The van der Waals surface area contributed by atoms with Gasteiger partial charge in [0.2, 0.25) is 0 Å². The van der Waals surface area contributed by atoms with E-state index in [0.29, 0.717) is 10.0 Å². The molecule has 0 unspecified atom stereocenters. The first kappa shape index (κ1) is 23.6. The largest absolute Gasteiger partial charge is 0.317 e. The maximum atomic E-state index is 6.07. The average Bonchev–Trinajstić information content (AvgIpc) is 2.60. The van der Waals surface area contributed by atoms with Crippen molar-refractivity contribution in [1.29, 1.82) is 0 Å². The maximum absolute atomic E-state index is 6.07. The highest BCUT2D eigenvalue weighted by molar-refractivity contribution is 6.34. The summed E-state index contributed by atoms with van der Waals surface area (Å²) < 4.78 is 0. The molecule has 1 aliphatic rings. The van der Waals surface area contributed by atoms with Crippen molar-refractivity contribution in [2.75, 3.05) is 19.6 Å². The quantitative estimate of drug-likeness (QED) is 0.573. The number of nitrogens with one attached hydrogen (secondary N) is 2. The molecule has 0 aromatic heterocycles. The van der Waals surface area contributed by atoms with E-state index >= 15 is 0 Å². The Morgan fingerprint density at radius 2 is 1.54 bits per heavy atom. The molecule has 0 radical (unpaired) electrons. The molecule has 0 spiro atoms. The van der Waals surface area contributed by atoms with Crippen LogP contribution in [0.15, 0.2) is 48.5 Å². The Labute approximate surface area is 178 Å². The minimum atomic E-state index is 0. The molecule has 0 aliphatic carbocycles. The van der Waals surface area contributed by atoms with Gasteiger partial charge in [-0.3, -0.25) is 0 Å². The first-order chi connectivity index (χ1) is 11.7. The van der Waals surface area contributed by atoms with Gasteiger partial charge in [-0.25, -0.2) is 0 Å². The second-order valence-electron chi connectivity index (χ2n) is 6.60. The molecule has 2 nitrogen and oxygen atoms in total. The van der Waals surface area contributed by atoms with Crippen LogP contribution in [-0.2, 0) is 12.0 Å². The highest BCUT2D eigenvalue weighted by atomic mass is 35.5. The standard InChI is InChI=1S/C20H24Cl2N2.2ClH/c21-18-12-16(13-19(22)14-18)15-24-11-8-20(6-9-23-10-7-20)17-4-2-1-3-5-17;;/h1-5,12-14,23-24H,6-11,15H2;2*1H. The summed E-state index contributed by atoms with van der Waals surface area (Å²) in [5.41, 5.74) is 2.89. The van der Waals surface area contributed by atoms with Gasteiger partial charge in [0, 0.05) is 16.6 Å². The summed E-state index contributed by atoms with van der Waals surface area (Å²) in [6, 6.07) is 16.7. The molecule has 1 aliphatic heterocycles. The zero-order valence-electron chi connectivity index (χ0n) is 14.6.